The number of carbonyl (C=O) groups is 1. The highest BCUT2D eigenvalue weighted by Crippen LogP contribution is 2.32. The first-order chi connectivity index (χ1) is 5.00. The first-order valence-corrected chi connectivity index (χ1v) is 7.77. The minimum atomic E-state index is -1.07. The maximum atomic E-state index is 11.1. The Morgan fingerprint density at radius 2 is 2.09 bits per heavy atom. The standard InChI is InChI=1S/C9H16OSi/c1-11(2,3)9-6-4-5-8(10)7-9/h4-5,9H,6-7H2,1-3H3/t9-/m1/s1. The second-order valence-corrected chi connectivity index (χ2v) is 9.92. The van der Waals surface area contributed by atoms with Gasteiger partial charge in [-0.05, 0) is 18.0 Å². The SMILES string of the molecule is C[Si](C)(C)[C@@H]1CC=CC(=O)C1. The zero-order valence-corrected chi connectivity index (χ0v) is 8.55. The quantitative estimate of drug-likeness (QED) is 0.550. The molecule has 1 aliphatic carbocycles. The lowest BCUT2D eigenvalue weighted by Crippen LogP contribution is -2.30. The molecule has 0 saturated carbocycles. The summed E-state index contributed by atoms with van der Waals surface area (Å²) in [5.74, 6) is 0.323. The third-order valence-electron chi connectivity index (χ3n) is 2.40. The van der Waals surface area contributed by atoms with E-state index in [-0.39, 0.29) is 0 Å². The zero-order chi connectivity index (χ0) is 8.48. The van der Waals surface area contributed by atoms with Crippen molar-refractivity contribution in [1.29, 1.82) is 0 Å². The zero-order valence-electron chi connectivity index (χ0n) is 7.55. The fourth-order valence-corrected chi connectivity index (χ4v) is 3.07. The van der Waals surface area contributed by atoms with Gasteiger partial charge in [-0.25, -0.2) is 0 Å². The van der Waals surface area contributed by atoms with Crippen LogP contribution in [0, 0.1) is 0 Å². The number of carbonyl (C=O) groups excluding carboxylic acids is 1. The molecule has 0 N–H and O–H groups in total. The molecule has 0 heterocycles. The molecule has 0 saturated heterocycles. The predicted octanol–water partition coefficient (Wildman–Crippen LogP) is 2.61. The van der Waals surface area contributed by atoms with Crippen molar-refractivity contribution in [3.8, 4) is 0 Å². The molecule has 0 aliphatic heterocycles. The van der Waals surface area contributed by atoms with Crippen molar-refractivity contribution in [2.24, 2.45) is 0 Å². The first-order valence-electron chi connectivity index (χ1n) is 4.19. The Labute approximate surface area is 69.5 Å². The van der Waals surface area contributed by atoms with Gasteiger partial charge in [-0.3, -0.25) is 4.79 Å². The molecule has 0 aromatic carbocycles. The summed E-state index contributed by atoms with van der Waals surface area (Å²) in [4.78, 5) is 11.1. The number of rotatable bonds is 1. The summed E-state index contributed by atoms with van der Waals surface area (Å²) in [7, 11) is -1.07. The summed E-state index contributed by atoms with van der Waals surface area (Å²) in [6, 6.07) is 0. The second kappa shape index (κ2) is 2.93. The Balaban J connectivity index is 2.64. The van der Waals surface area contributed by atoms with E-state index in [1.165, 1.54) is 0 Å². The predicted molar refractivity (Wildman–Crippen MR) is 50.5 cm³/mol. The molecule has 1 rings (SSSR count). The minimum Gasteiger partial charge on any atom is -0.295 e. The third-order valence-corrected chi connectivity index (χ3v) is 5.29. The van der Waals surface area contributed by atoms with Gasteiger partial charge >= 0.3 is 0 Å². The molecule has 2 heteroatoms. The van der Waals surface area contributed by atoms with Gasteiger partial charge in [0.1, 0.15) is 0 Å². The Hall–Kier alpha value is -0.373. The summed E-state index contributed by atoms with van der Waals surface area (Å²) < 4.78 is 0. The van der Waals surface area contributed by atoms with E-state index in [1.807, 2.05) is 6.08 Å². The summed E-state index contributed by atoms with van der Waals surface area (Å²) in [5, 5.41) is 0. The summed E-state index contributed by atoms with van der Waals surface area (Å²) in [5.41, 5.74) is 0.681. The highest BCUT2D eigenvalue weighted by atomic mass is 28.3. The van der Waals surface area contributed by atoms with Gasteiger partial charge in [-0.2, -0.15) is 0 Å². The van der Waals surface area contributed by atoms with E-state index in [2.05, 4.69) is 19.6 Å². The molecule has 11 heavy (non-hydrogen) atoms. The van der Waals surface area contributed by atoms with E-state index in [0.29, 0.717) is 11.3 Å². The molecule has 0 amide bonds. The van der Waals surface area contributed by atoms with E-state index in [9.17, 15) is 4.79 Å². The Bertz CT molecular complexity index is 188. The van der Waals surface area contributed by atoms with Crippen molar-refractivity contribution < 1.29 is 4.79 Å². The summed E-state index contributed by atoms with van der Waals surface area (Å²) in [6.45, 7) is 7.01. The van der Waals surface area contributed by atoms with Gasteiger partial charge in [0.25, 0.3) is 0 Å². The van der Waals surface area contributed by atoms with Gasteiger partial charge in [0.2, 0.25) is 0 Å². The molecule has 0 radical (unpaired) electrons. The van der Waals surface area contributed by atoms with E-state index < -0.39 is 8.07 Å². The largest absolute Gasteiger partial charge is 0.295 e. The van der Waals surface area contributed by atoms with E-state index in [1.54, 1.807) is 6.08 Å². The molecule has 62 valence electrons. The van der Waals surface area contributed by atoms with Crippen molar-refractivity contribution >= 4 is 13.9 Å². The monoisotopic (exact) mass is 168 g/mol. The van der Waals surface area contributed by atoms with Crippen LogP contribution in [0.15, 0.2) is 12.2 Å². The van der Waals surface area contributed by atoms with Gasteiger partial charge in [-0.15, -0.1) is 0 Å². The maximum absolute atomic E-state index is 11.1. The lowest BCUT2D eigenvalue weighted by atomic mass is 10.1. The first kappa shape index (κ1) is 8.72. The van der Waals surface area contributed by atoms with Gasteiger partial charge in [0, 0.05) is 14.5 Å². The molecule has 0 spiro atoms. The number of ketones is 1. The average Bonchev–Trinajstić information content (AvgIpc) is 1.86. The fraction of sp³-hybridized carbons (Fsp3) is 0.667. The smallest absolute Gasteiger partial charge is 0.155 e. The van der Waals surface area contributed by atoms with Crippen molar-refractivity contribution in [3.05, 3.63) is 12.2 Å². The maximum Gasteiger partial charge on any atom is 0.155 e. The molecule has 0 aromatic heterocycles. The van der Waals surface area contributed by atoms with Crippen molar-refractivity contribution in [2.45, 2.75) is 38.0 Å². The van der Waals surface area contributed by atoms with Gasteiger partial charge < -0.3 is 0 Å². The fourth-order valence-electron chi connectivity index (χ4n) is 1.42. The molecule has 0 aromatic rings. The van der Waals surface area contributed by atoms with Crippen LogP contribution in [0.2, 0.25) is 25.2 Å². The van der Waals surface area contributed by atoms with E-state index >= 15 is 0 Å². The lowest BCUT2D eigenvalue weighted by Gasteiger charge is -2.28. The van der Waals surface area contributed by atoms with Crippen LogP contribution in [-0.2, 0) is 4.79 Å². The lowest BCUT2D eigenvalue weighted by molar-refractivity contribution is -0.114. The van der Waals surface area contributed by atoms with Crippen LogP contribution in [0.25, 0.3) is 0 Å². The summed E-state index contributed by atoms with van der Waals surface area (Å²) in [6.07, 6.45) is 5.69. The van der Waals surface area contributed by atoms with Crippen molar-refractivity contribution in [2.75, 3.05) is 0 Å². The minimum absolute atomic E-state index is 0.323. The van der Waals surface area contributed by atoms with Crippen LogP contribution >= 0.6 is 0 Å². The molecule has 1 atom stereocenters. The molecule has 0 fully saturated rings. The Morgan fingerprint density at radius 3 is 2.45 bits per heavy atom. The molecule has 1 aliphatic rings. The molecule has 1 nitrogen and oxygen atoms in total. The van der Waals surface area contributed by atoms with Crippen LogP contribution < -0.4 is 0 Å². The normalized spacial score (nSPS) is 25.7. The van der Waals surface area contributed by atoms with Gasteiger partial charge in [0.15, 0.2) is 5.78 Å². The number of hydrogen-bond acceptors (Lipinski definition) is 1. The molecule has 0 unspecified atom stereocenters. The molecular weight excluding hydrogens is 152 g/mol. The molecular formula is C9H16OSi. The Morgan fingerprint density at radius 1 is 1.45 bits per heavy atom. The van der Waals surface area contributed by atoms with E-state index in [0.717, 1.165) is 12.8 Å². The summed E-state index contributed by atoms with van der Waals surface area (Å²) >= 11 is 0. The molecule has 0 bridgehead atoms. The van der Waals surface area contributed by atoms with Crippen molar-refractivity contribution in [1.82, 2.24) is 0 Å². The van der Waals surface area contributed by atoms with Crippen LogP contribution in [0.3, 0.4) is 0 Å². The number of hydrogen-bond donors (Lipinski definition) is 0. The highest BCUT2D eigenvalue weighted by Gasteiger charge is 2.28. The van der Waals surface area contributed by atoms with Crippen LogP contribution in [-0.4, -0.2) is 13.9 Å². The van der Waals surface area contributed by atoms with Crippen LogP contribution in [0.1, 0.15) is 12.8 Å². The average molecular weight is 168 g/mol. The third kappa shape index (κ3) is 2.29. The topological polar surface area (TPSA) is 17.1 Å². The van der Waals surface area contributed by atoms with Crippen molar-refractivity contribution in [3.63, 3.8) is 0 Å². The van der Waals surface area contributed by atoms with Gasteiger partial charge in [-0.1, -0.05) is 25.7 Å². The van der Waals surface area contributed by atoms with Crippen LogP contribution in [0.5, 0.6) is 0 Å². The number of allylic oxidation sites excluding steroid dienone is 2. The van der Waals surface area contributed by atoms with E-state index in [4.69, 9.17) is 0 Å². The second-order valence-electron chi connectivity index (χ2n) is 4.37. The van der Waals surface area contributed by atoms with Crippen LogP contribution in [0.4, 0.5) is 0 Å². The Kier molecular flexibility index (Phi) is 2.33. The van der Waals surface area contributed by atoms with Gasteiger partial charge in [0.05, 0.1) is 0 Å². The highest BCUT2D eigenvalue weighted by molar-refractivity contribution is 6.77.